The molecule has 1 heterocycles. The maximum atomic E-state index is 6.12. The largest absolute Gasteiger partial charge is 0.325 e. The lowest BCUT2D eigenvalue weighted by Crippen LogP contribution is -2.25. The normalized spacial score (nSPS) is 46.2. The van der Waals surface area contributed by atoms with Crippen LogP contribution in [0.2, 0.25) is 0 Å². The number of fused-ring (bicyclic) bond motifs is 1. The van der Waals surface area contributed by atoms with Crippen molar-refractivity contribution in [2.45, 2.75) is 37.6 Å². The molecule has 2 nitrogen and oxygen atoms in total. The molecule has 0 spiro atoms. The van der Waals surface area contributed by atoms with Crippen LogP contribution in [0.15, 0.2) is 0 Å². The van der Waals surface area contributed by atoms with Crippen molar-refractivity contribution in [2.75, 3.05) is 20.1 Å². The van der Waals surface area contributed by atoms with Crippen LogP contribution < -0.4 is 5.73 Å². The minimum atomic E-state index is 0.281. The molecule has 1 aliphatic heterocycles. The van der Waals surface area contributed by atoms with E-state index in [1.54, 1.807) is 0 Å². The molecule has 2 unspecified atom stereocenters. The minimum absolute atomic E-state index is 0.281. The fraction of sp³-hybridized carbons (Fsp3) is 1.00. The Morgan fingerprint density at radius 1 is 1.38 bits per heavy atom. The van der Waals surface area contributed by atoms with Gasteiger partial charge >= 0.3 is 0 Å². The first-order chi connectivity index (χ1) is 6.12. The van der Waals surface area contributed by atoms with Gasteiger partial charge in [-0.25, -0.2) is 0 Å². The van der Waals surface area contributed by atoms with E-state index >= 15 is 0 Å². The van der Waals surface area contributed by atoms with Crippen molar-refractivity contribution < 1.29 is 0 Å². The molecule has 0 bridgehead atoms. The first-order valence-electron chi connectivity index (χ1n) is 5.59. The second kappa shape index (κ2) is 2.29. The third kappa shape index (κ3) is 1.31. The monoisotopic (exact) mass is 180 g/mol. The highest BCUT2D eigenvalue weighted by Gasteiger charge is 2.59. The molecular weight excluding hydrogens is 160 g/mol. The predicted octanol–water partition coefficient (Wildman–Crippen LogP) is 1.21. The molecule has 2 saturated carbocycles. The molecule has 3 aliphatic rings. The standard InChI is InChI=1S/C11H20N2/c1-13-7-9-6-10(9,8-13)2-3-11(12)4-5-11/h9H,2-8,12H2,1H3. The van der Waals surface area contributed by atoms with E-state index in [9.17, 15) is 0 Å². The molecule has 0 radical (unpaired) electrons. The van der Waals surface area contributed by atoms with Gasteiger partial charge in [0, 0.05) is 18.6 Å². The van der Waals surface area contributed by atoms with Gasteiger partial charge in [0.15, 0.2) is 0 Å². The average Bonchev–Trinajstić information content (AvgIpc) is 2.92. The molecule has 0 amide bonds. The van der Waals surface area contributed by atoms with Crippen molar-refractivity contribution in [1.82, 2.24) is 4.90 Å². The van der Waals surface area contributed by atoms with Gasteiger partial charge in [-0.2, -0.15) is 0 Å². The number of piperidine rings is 1. The number of rotatable bonds is 3. The van der Waals surface area contributed by atoms with Crippen LogP contribution in [0.5, 0.6) is 0 Å². The Kier molecular flexibility index (Phi) is 1.45. The number of nitrogens with zero attached hydrogens (tertiary/aromatic N) is 1. The van der Waals surface area contributed by atoms with Crippen LogP contribution in [-0.2, 0) is 0 Å². The molecule has 3 fully saturated rings. The van der Waals surface area contributed by atoms with Gasteiger partial charge in [0.2, 0.25) is 0 Å². The highest BCUT2D eigenvalue weighted by Crippen LogP contribution is 2.61. The van der Waals surface area contributed by atoms with Crippen LogP contribution in [0.25, 0.3) is 0 Å². The lowest BCUT2D eigenvalue weighted by atomic mass is 9.95. The summed E-state index contributed by atoms with van der Waals surface area (Å²) in [7, 11) is 2.25. The van der Waals surface area contributed by atoms with Gasteiger partial charge < -0.3 is 10.6 Å². The summed E-state index contributed by atoms with van der Waals surface area (Å²) in [6, 6.07) is 0. The smallest absolute Gasteiger partial charge is 0.0155 e. The van der Waals surface area contributed by atoms with Crippen LogP contribution >= 0.6 is 0 Å². The van der Waals surface area contributed by atoms with Gasteiger partial charge in [-0.05, 0) is 50.5 Å². The molecule has 2 atom stereocenters. The Hall–Kier alpha value is -0.0800. The zero-order valence-electron chi connectivity index (χ0n) is 8.55. The summed E-state index contributed by atoms with van der Waals surface area (Å²) in [5, 5.41) is 0. The summed E-state index contributed by atoms with van der Waals surface area (Å²) in [5.41, 5.74) is 7.13. The second-order valence-electron chi connectivity index (χ2n) is 5.82. The molecule has 3 rings (SSSR count). The van der Waals surface area contributed by atoms with Crippen molar-refractivity contribution in [3.63, 3.8) is 0 Å². The van der Waals surface area contributed by atoms with E-state index in [4.69, 9.17) is 5.73 Å². The van der Waals surface area contributed by atoms with Crippen LogP contribution in [-0.4, -0.2) is 30.6 Å². The zero-order chi connectivity index (χ0) is 9.10. The lowest BCUT2D eigenvalue weighted by molar-refractivity contribution is 0.316. The number of hydrogen-bond acceptors (Lipinski definition) is 2. The Morgan fingerprint density at radius 2 is 2.15 bits per heavy atom. The molecule has 0 aromatic heterocycles. The van der Waals surface area contributed by atoms with E-state index < -0.39 is 0 Å². The fourth-order valence-corrected chi connectivity index (χ4v) is 3.16. The van der Waals surface area contributed by atoms with Crippen LogP contribution in [0.3, 0.4) is 0 Å². The fourth-order valence-electron chi connectivity index (χ4n) is 3.16. The van der Waals surface area contributed by atoms with Crippen LogP contribution in [0.4, 0.5) is 0 Å². The number of hydrogen-bond donors (Lipinski definition) is 1. The Bertz CT molecular complexity index is 234. The molecule has 2 N–H and O–H groups in total. The quantitative estimate of drug-likeness (QED) is 0.707. The van der Waals surface area contributed by atoms with Crippen molar-refractivity contribution >= 4 is 0 Å². The molecule has 0 aromatic carbocycles. The van der Waals surface area contributed by atoms with Gasteiger partial charge in [0.05, 0.1) is 0 Å². The third-order valence-corrected chi connectivity index (χ3v) is 4.49. The summed E-state index contributed by atoms with van der Waals surface area (Å²) < 4.78 is 0. The van der Waals surface area contributed by atoms with Gasteiger partial charge in [0.1, 0.15) is 0 Å². The summed E-state index contributed by atoms with van der Waals surface area (Å²) >= 11 is 0. The first kappa shape index (κ1) is 8.25. The maximum absolute atomic E-state index is 6.12. The van der Waals surface area contributed by atoms with Gasteiger partial charge in [0.25, 0.3) is 0 Å². The van der Waals surface area contributed by atoms with E-state index in [-0.39, 0.29) is 5.54 Å². The molecule has 74 valence electrons. The van der Waals surface area contributed by atoms with E-state index in [1.165, 1.54) is 45.2 Å². The molecular formula is C11H20N2. The highest BCUT2D eigenvalue weighted by atomic mass is 15.2. The van der Waals surface area contributed by atoms with Crippen LogP contribution in [0.1, 0.15) is 32.1 Å². The molecule has 2 heteroatoms. The van der Waals surface area contributed by atoms with Crippen LogP contribution in [0, 0.1) is 11.3 Å². The van der Waals surface area contributed by atoms with Crippen molar-refractivity contribution in [3.05, 3.63) is 0 Å². The van der Waals surface area contributed by atoms with E-state index in [0.717, 1.165) is 11.3 Å². The molecule has 1 saturated heterocycles. The summed E-state index contributed by atoms with van der Waals surface area (Å²) in [6.45, 7) is 2.69. The Balaban J connectivity index is 1.56. The van der Waals surface area contributed by atoms with Crippen molar-refractivity contribution in [2.24, 2.45) is 17.1 Å². The SMILES string of the molecule is CN1CC2CC2(CCC2(N)CC2)C1. The van der Waals surface area contributed by atoms with Crippen molar-refractivity contribution in [1.29, 1.82) is 0 Å². The first-order valence-corrected chi connectivity index (χ1v) is 5.59. The predicted molar refractivity (Wildman–Crippen MR) is 53.4 cm³/mol. The zero-order valence-corrected chi connectivity index (χ0v) is 8.55. The molecule has 0 aromatic rings. The number of nitrogens with two attached hydrogens (primary N) is 1. The maximum Gasteiger partial charge on any atom is 0.0155 e. The summed E-state index contributed by atoms with van der Waals surface area (Å²) in [6.07, 6.45) is 6.75. The van der Waals surface area contributed by atoms with Gasteiger partial charge in [-0.1, -0.05) is 0 Å². The Labute approximate surface area is 80.5 Å². The van der Waals surface area contributed by atoms with Crippen molar-refractivity contribution in [3.8, 4) is 0 Å². The van der Waals surface area contributed by atoms with E-state index in [2.05, 4.69) is 11.9 Å². The van der Waals surface area contributed by atoms with Gasteiger partial charge in [-0.3, -0.25) is 0 Å². The second-order valence-corrected chi connectivity index (χ2v) is 5.82. The third-order valence-electron chi connectivity index (χ3n) is 4.49. The van der Waals surface area contributed by atoms with E-state index in [1.807, 2.05) is 0 Å². The molecule has 13 heavy (non-hydrogen) atoms. The van der Waals surface area contributed by atoms with E-state index in [0.29, 0.717) is 0 Å². The molecule has 2 aliphatic carbocycles. The topological polar surface area (TPSA) is 29.3 Å². The Morgan fingerprint density at radius 3 is 2.69 bits per heavy atom. The van der Waals surface area contributed by atoms with Gasteiger partial charge in [-0.15, -0.1) is 0 Å². The lowest BCUT2D eigenvalue weighted by Gasteiger charge is -2.17. The summed E-state index contributed by atoms with van der Waals surface area (Å²) in [4.78, 5) is 2.49. The summed E-state index contributed by atoms with van der Waals surface area (Å²) in [5.74, 6) is 1.03. The highest BCUT2D eigenvalue weighted by molar-refractivity contribution is 5.11. The minimum Gasteiger partial charge on any atom is -0.325 e. The average molecular weight is 180 g/mol. The number of likely N-dealkylation sites (tertiary alicyclic amines) is 1.